The average molecular weight is 286 g/mol. The fraction of sp³-hybridized carbons (Fsp3) is 0.182. The van der Waals surface area contributed by atoms with E-state index in [1.807, 2.05) is 6.92 Å². The van der Waals surface area contributed by atoms with E-state index in [9.17, 15) is 8.42 Å². The summed E-state index contributed by atoms with van der Waals surface area (Å²) >= 11 is 5.93. The molecule has 18 heavy (non-hydrogen) atoms. The molecule has 0 spiro atoms. The SMILES string of the molecule is Cc1ccc(S(=O)(=O)NCc2ncc[nH]2)c(Cl)c1. The van der Waals surface area contributed by atoms with Crippen molar-refractivity contribution in [2.75, 3.05) is 0 Å². The van der Waals surface area contributed by atoms with E-state index in [-0.39, 0.29) is 16.5 Å². The Bertz CT molecular complexity index is 638. The van der Waals surface area contributed by atoms with Crippen LogP contribution in [0.15, 0.2) is 35.5 Å². The molecule has 0 aliphatic heterocycles. The summed E-state index contributed by atoms with van der Waals surface area (Å²) in [5, 5.41) is 0.210. The maximum Gasteiger partial charge on any atom is 0.242 e. The smallest absolute Gasteiger partial charge is 0.242 e. The first kappa shape index (κ1) is 13.1. The molecule has 0 saturated heterocycles. The van der Waals surface area contributed by atoms with Crippen LogP contribution in [0.3, 0.4) is 0 Å². The average Bonchev–Trinajstić information content (AvgIpc) is 2.78. The number of aromatic amines is 1. The van der Waals surface area contributed by atoms with E-state index in [1.165, 1.54) is 6.07 Å². The Hall–Kier alpha value is -1.37. The van der Waals surface area contributed by atoms with Crippen LogP contribution in [-0.2, 0) is 16.6 Å². The van der Waals surface area contributed by atoms with Gasteiger partial charge in [0.25, 0.3) is 0 Å². The van der Waals surface area contributed by atoms with Gasteiger partial charge in [0.15, 0.2) is 0 Å². The summed E-state index contributed by atoms with van der Waals surface area (Å²) in [5.74, 6) is 0.543. The number of benzene rings is 1. The maximum absolute atomic E-state index is 12.0. The van der Waals surface area contributed by atoms with Gasteiger partial charge in [-0.25, -0.2) is 18.1 Å². The summed E-state index contributed by atoms with van der Waals surface area (Å²) < 4.78 is 26.5. The van der Waals surface area contributed by atoms with Crippen LogP contribution in [0.4, 0.5) is 0 Å². The van der Waals surface area contributed by atoms with Crippen molar-refractivity contribution in [2.45, 2.75) is 18.4 Å². The van der Waals surface area contributed by atoms with Gasteiger partial charge in [0, 0.05) is 12.4 Å². The van der Waals surface area contributed by atoms with E-state index in [1.54, 1.807) is 24.5 Å². The fourth-order valence-corrected chi connectivity index (χ4v) is 3.04. The molecule has 0 amide bonds. The normalized spacial score (nSPS) is 11.7. The molecule has 2 aromatic rings. The van der Waals surface area contributed by atoms with Gasteiger partial charge in [0.05, 0.1) is 11.6 Å². The minimum atomic E-state index is -3.63. The Morgan fingerprint density at radius 1 is 1.44 bits per heavy atom. The molecule has 1 aromatic carbocycles. The lowest BCUT2D eigenvalue weighted by atomic mass is 10.2. The largest absolute Gasteiger partial charge is 0.347 e. The van der Waals surface area contributed by atoms with E-state index in [0.717, 1.165) is 5.56 Å². The number of aryl methyl sites for hydroxylation is 1. The number of imidazole rings is 1. The first-order valence-electron chi connectivity index (χ1n) is 5.23. The summed E-state index contributed by atoms with van der Waals surface area (Å²) in [7, 11) is -3.63. The van der Waals surface area contributed by atoms with Crippen molar-refractivity contribution in [2.24, 2.45) is 0 Å². The van der Waals surface area contributed by atoms with Gasteiger partial charge in [-0.3, -0.25) is 0 Å². The minimum absolute atomic E-state index is 0.0707. The van der Waals surface area contributed by atoms with Crippen molar-refractivity contribution in [3.8, 4) is 0 Å². The number of sulfonamides is 1. The number of H-pyrrole nitrogens is 1. The van der Waals surface area contributed by atoms with Gasteiger partial charge in [0.2, 0.25) is 10.0 Å². The third-order valence-electron chi connectivity index (χ3n) is 2.36. The van der Waals surface area contributed by atoms with Gasteiger partial charge in [-0.15, -0.1) is 0 Å². The first-order chi connectivity index (χ1) is 8.49. The van der Waals surface area contributed by atoms with Crippen molar-refractivity contribution < 1.29 is 8.42 Å². The van der Waals surface area contributed by atoms with Crippen LogP contribution in [0.1, 0.15) is 11.4 Å². The molecule has 0 atom stereocenters. The molecular formula is C11H12ClN3O2S. The predicted molar refractivity (Wildman–Crippen MR) is 68.8 cm³/mol. The molecule has 1 heterocycles. The molecule has 0 bridgehead atoms. The standard InChI is InChI=1S/C11H12ClN3O2S/c1-8-2-3-10(9(12)6-8)18(16,17)15-7-11-13-4-5-14-11/h2-6,15H,7H2,1H3,(H,13,14). The zero-order chi connectivity index (χ0) is 13.2. The van der Waals surface area contributed by atoms with Gasteiger partial charge < -0.3 is 4.98 Å². The first-order valence-corrected chi connectivity index (χ1v) is 7.09. The molecule has 1 aromatic heterocycles. The maximum atomic E-state index is 12.0. The third-order valence-corrected chi connectivity index (χ3v) is 4.25. The van der Waals surface area contributed by atoms with E-state index >= 15 is 0 Å². The number of halogens is 1. The second kappa shape index (κ2) is 5.09. The van der Waals surface area contributed by atoms with Crippen molar-refractivity contribution in [3.63, 3.8) is 0 Å². The van der Waals surface area contributed by atoms with Gasteiger partial charge in [-0.1, -0.05) is 17.7 Å². The molecule has 0 unspecified atom stereocenters. The van der Waals surface area contributed by atoms with Gasteiger partial charge in [-0.05, 0) is 24.6 Å². The molecule has 0 aliphatic rings. The van der Waals surface area contributed by atoms with Crippen LogP contribution in [0.5, 0.6) is 0 Å². The Labute approximate surface area is 110 Å². The molecule has 5 nitrogen and oxygen atoms in total. The molecule has 7 heteroatoms. The van der Waals surface area contributed by atoms with Crippen molar-refractivity contribution in [3.05, 3.63) is 47.0 Å². The number of hydrogen-bond donors (Lipinski definition) is 2. The molecule has 0 saturated carbocycles. The molecule has 2 N–H and O–H groups in total. The summed E-state index contributed by atoms with van der Waals surface area (Å²) in [6.45, 7) is 1.94. The van der Waals surface area contributed by atoms with E-state index in [2.05, 4.69) is 14.7 Å². The van der Waals surface area contributed by atoms with E-state index in [4.69, 9.17) is 11.6 Å². The van der Waals surface area contributed by atoms with E-state index < -0.39 is 10.0 Å². The Balaban J connectivity index is 2.20. The highest BCUT2D eigenvalue weighted by atomic mass is 35.5. The van der Waals surface area contributed by atoms with Crippen LogP contribution in [0.25, 0.3) is 0 Å². The van der Waals surface area contributed by atoms with Gasteiger partial charge in [-0.2, -0.15) is 0 Å². The number of nitrogens with zero attached hydrogens (tertiary/aromatic N) is 1. The summed E-state index contributed by atoms with van der Waals surface area (Å²) in [6.07, 6.45) is 3.19. The molecule has 0 radical (unpaired) electrons. The number of nitrogens with one attached hydrogen (secondary N) is 2. The quantitative estimate of drug-likeness (QED) is 0.900. The molecule has 2 rings (SSSR count). The Morgan fingerprint density at radius 2 is 2.22 bits per heavy atom. The second-order valence-electron chi connectivity index (χ2n) is 3.79. The zero-order valence-corrected chi connectivity index (χ0v) is 11.2. The van der Waals surface area contributed by atoms with Gasteiger partial charge >= 0.3 is 0 Å². The lowest BCUT2D eigenvalue weighted by Crippen LogP contribution is -2.24. The summed E-state index contributed by atoms with van der Waals surface area (Å²) in [4.78, 5) is 6.82. The lowest BCUT2D eigenvalue weighted by molar-refractivity contribution is 0.579. The summed E-state index contributed by atoms with van der Waals surface area (Å²) in [6, 6.07) is 4.80. The number of hydrogen-bond acceptors (Lipinski definition) is 3. The second-order valence-corrected chi connectivity index (χ2v) is 5.94. The van der Waals surface area contributed by atoms with Crippen molar-refractivity contribution in [1.29, 1.82) is 0 Å². The Morgan fingerprint density at radius 3 is 2.83 bits per heavy atom. The van der Waals surface area contributed by atoms with Crippen LogP contribution < -0.4 is 4.72 Å². The minimum Gasteiger partial charge on any atom is -0.347 e. The van der Waals surface area contributed by atoms with E-state index in [0.29, 0.717) is 5.82 Å². The van der Waals surface area contributed by atoms with Crippen LogP contribution in [0.2, 0.25) is 5.02 Å². The topological polar surface area (TPSA) is 74.8 Å². The summed E-state index contributed by atoms with van der Waals surface area (Å²) in [5.41, 5.74) is 0.907. The molecule has 0 fully saturated rings. The predicted octanol–water partition coefficient (Wildman–Crippen LogP) is 1.85. The molecule has 0 aliphatic carbocycles. The monoisotopic (exact) mass is 285 g/mol. The molecular weight excluding hydrogens is 274 g/mol. The zero-order valence-electron chi connectivity index (χ0n) is 9.64. The fourth-order valence-electron chi connectivity index (χ4n) is 1.46. The van der Waals surface area contributed by atoms with Crippen LogP contribution >= 0.6 is 11.6 Å². The molecule has 96 valence electrons. The highest BCUT2D eigenvalue weighted by Crippen LogP contribution is 2.22. The third kappa shape index (κ3) is 2.90. The number of rotatable bonds is 4. The number of aromatic nitrogens is 2. The highest BCUT2D eigenvalue weighted by Gasteiger charge is 2.17. The lowest BCUT2D eigenvalue weighted by Gasteiger charge is -2.07. The Kier molecular flexibility index (Phi) is 3.70. The van der Waals surface area contributed by atoms with Crippen molar-refractivity contribution >= 4 is 21.6 Å². The highest BCUT2D eigenvalue weighted by molar-refractivity contribution is 7.89. The van der Waals surface area contributed by atoms with Crippen LogP contribution in [-0.4, -0.2) is 18.4 Å². The van der Waals surface area contributed by atoms with Crippen molar-refractivity contribution in [1.82, 2.24) is 14.7 Å². The van der Waals surface area contributed by atoms with Crippen LogP contribution in [0, 0.1) is 6.92 Å². The van der Waals surface area contributed by atoms with Gasteiger partial charge in [0.1, 0.15) is 10.7 Å².